The van der Waals surface area contributed by atoms with Crippen molar-refractivity contribution in [1.29, 1.82) is 0 Å². The molecule has 2 heterocycles. The van der Waals surface area contributed by atoms with E-state index in [1.54, 1.807) is 10.9 Å². The van der Waals surface area contributed by atoms with E-state index in [0.717, 1.165) is 76.4 Å². The van der Waals surface area contributed by atoms with Gasteiger partial charge in [-0.25, -0.2) is 0 Å². The fourth-order valence-electron chi connectivity index (χ4n) is 5.43. The first-order valence-corrected chi connectivity index (χ1v) is 13.4. The minimum Gasteiger partial charge on any atom is -0.487 e. The van der Waals surface area contributed by atoms with Gasteiger partial charge in [-0.1, -0.05) is 37.8 Å². The van der Waals surface area contributed by atoms with E-state index < -0.39 is 0 Å². The summed E-state index contributed by atoms with van der Waals surface area (Å²) in [4.78, 5) is 31.0. The number of carbonyl (C=O) groups is 2. The van der Waals surface area contributed by atoms with E-state index in [1.165, 1.54) is 0 Å². The van der Waals surface area contributed by atoms with Gasteiger partial charge in [-0.3, -0.25) is 14.3 Å². The molecule has 1 saturated carbocycles. The van der Waals surface area contributed by atoms with E-state index in [2.05, 4.69) is 10.00 Å². The normalized spacial score (nSPS) is 22.4. The number of hydrogen-bond donors (Lipinski definition) is 0. The molecular weight excluding hydrogens is 440 g/mol. The lowest BCUT2D eigenvalue weighted by Crippen LogP contribution is -2.52. The summed E-state index contributed by atoms with van der Waals surface area (Å²) in [7, 11) is 0. The molecule has 2 amide bonds. The predicted octanol–water partition coefficient (Wildman–Crippen LogP) is 4.84. The number of para-hydroxylation sites is 1. The molecule has 0 bridgehead atoms. The lowest BCUT2D eigenvalue weighted by molar-refractivity contribution is -0.137. The van der Waals surface area contributed by atoms with Crippen LogP contribution in [0.3, 0.4) is 0 Å². The first-order chi connectivity index (χ1) is 17.1. The number of ether oxygens (including phenoxy) is 1. The molecule has 0 N–H and O–H groups in total. The second-order valence-corrected chi connectivity index (χ2v) is 9.96. The topological polar surface area (TPSA) is 67.7 Å². The van der Waals surface area contributed by atoms with Crippen LogP contribution in [0.1, 0.15) is 80.6 Å². The lowest BCUT2D eigenvalue weighted by atomic mass is 9.90. The summed E-state index contributed by atoms with van der Waals surface area (Å²) >= 11 is 0. The number of amides is 2. The molecule has 7 nitrogen and oxygen atoms in total. The number of carbonyl (C=O) groups excluding carboxylic acids is 2. The highest BCUT2D eigenvalue weighted by atomic mass is 16.5. The molecule has 2 aliphatic rings. The van der Waals surface area contributed by atoms with Gasteiger partial charge in [-0.15, -0.1) is 0 Å². The van der Waals surface area contributed by atoms with Gasteiger partial charge in [0.25, 0.3) is 5.91 Å². The molecule has 0 saturated heterocycles. The highest BCUT2D eigenvalue weighted by Crippen LogP contribution is 2.30. The highest BCUT2D eigenvalue weighted by Gasteiger charge is 2.35. The van der Waals surface area contributed by atoms with Gasteiger partial charge in [0, 0.05) is 25.8 Å². The monoisotopic (exact) mass is 480 g/mol. The largest absolute Gasteiger partial charge is 0.487 e. The Bertz CT molecular complexity index is 988. The minimum atomic E-state index is -0.124. The van der Waals surface area contributed by atoms with Crippen LogP contribution >= 0.6 is 0 Å². The summed E-state index contributed by atoms with van der Waals surface area (Å²) in [6, 6.07) is 7.62. The van der Waals surface area contributed by atoms with Crippen molar-refractivity contribution >= 4 is 11.8 Å². The maximum absolute atomic E-state index is 13.6. The van der Waals surface area contributed by atoms with Crippen LogP contribution in [0.15, 0.2) is 36.7 Å². The van der Waals surface area contributed by atoms with Gasteiger partial charge in [0.2, 0.25) is 5.91 Å². The molecule has 1 aromatic carbocycles. The molecule has 4 rings (SSSR count). The third-order valence-electron chi connectivity index (χ3n) is 7.34. The fraction of sp³-hybridized carbons (Fsp3) is 0.607. The first kappa shape index (κ1) is 25.3. The second-order valence-electron chi connectivity index (χ2n) is 9.96. The zero-order chi connectivity index (χ0) is 24.6. The van der Waals surface area contributed by atoms with Gasteiger partial charge in [-0.2, -0.15) is 5.10 Å². The van der Waals surface area contributed by atoms with E-state index in [4.69, 9.17) is 4.74 Å². The fourth-order valence-corrected chi connectivity index (χ4v) is 5.43. The molecule has 35 heavy (non-hydrogen) atoms. The Morgan fingerprint density at radius 1 is 1.03 bits per heavy atom. The number of nitrogens with zero attached hydrogens (tertiary/aromatic N) is 4. The summed E-state index contributed by atoms with van der Waals surface area (Å²) in [5.41, 5.74) is 1.68. The Balaban J connectivity index is 1.62. The van der Waals surface area contributed by atoms with Crippen LogP contribution in [0.2, 0.25) is 0 Å². The summed E-state index contributed by atoms with van der Waals surface area (Å²) < 4.78 is 8.35. The molecular formula is C28H40N4O3. The van der Waals surface area contributed by atoms with Crippen LogP contribution in [0.25, 0.3) is 0 Å². The number of benzene rings is 1. The highest BCUT2D eigenvalue weighted by molar-refractivity contribution is 5.97. The predicted molar refractivity (Wildman–Crippen MR) is 136 cm³/mol. The molecule has 1 fully saturated rings. The van der Waals surface area contributed by atoms with E-state index in [9.17, 15) is 9.59 Å². The van der Waals surface area contributed by atoms with Gasteiger partial charge in [0.05, 0.1) is 17.8 Å². The van der Waals surface area contributed by atoms with Crippen molar-refractivity contribution < 1.29 is 14.3 Å². The molecule has 1 aromatic heterocycles. The minimum absolute atomic E-state index is 0.00322. The van der Waals surface area contributed by atoms with Crippen molar-refractivity contribution in [3.8, 4) is 5.75 Å². The maximum atomic E-state index is 13.6. The Morgan fingerprint density at radius 2 is 1.77 bits per heavy atom. The molecule has 1 aliphatic carbocycles. The van der Waals surface area contributed by atoms with Gasteiger partial charge in [0.15, 0.2) is 0 Å². The molecule has 0 unspecified atom stereocenters. The van der Waals surface area contributed by atoms with Crippen LogP contribution in [0.5, 0.6) is 5.75 Å². The smallest absolute Gasteiger partial charge is 0.257 e. The van der Waals surface area contributed by atoms with Crippen molar-refractivity contribution in [3.05, 3.63) is 47.8 Å². The Kier molecular flexibility index (Phi) is 8.83. The quantitative estimate of drug-likeness (QED) is 0.631. The summed E-state index contributed by atoms with van der Waals surface area (Å²) in [6.07, 6.45) is 12.8. The van der Waals surface area contributed by atoms with Crippen LogP contribution in [0.4, 0.5) is 0 Å². The van der Waals surface area contributed by atoms with Crippen LogP contribution in [-0.4, -0.2) is 63.2 Å². The van der Waals surface area contributed by atoms with E-state index >= 15 is 0 Å². The lowest BCUT2D eigenvalue weighted by Gasteiger charge is -2.40. The zero-order valence-corrected chi connectivity index (χ0v) is 21.3. The van der Waals surface area contributed by atoms with Crippen LogP contribution < -0.4 is 4.74 Å². The molecule has 0 radical (unpaired) electrons. The average molecular weight is 481 g/mol. The standard InChI is InChI=1S/C28H40N4O3/c1-3-30-17-11-5-4-6-12-18-32(27(33)21-31-20-22(2)19-29-31)24-14-8-10-16-26(24)35-25-15-9-7-13-23(25)28(30)34/h7,9,13,15,19-20,24,26H,3-6,8,10-12,14,16-18,21H2,1-2H3/t24-,26+/m1/s1. The van der Waals surface area contributed by atoms with Crippen molar-refractivity contribution in [2.45, 2.75) is 90.3 Å². The average Bonchev–Trinajstić information content (AvgIpc) is 3.27. The molecule has 7 heteroatoms. The second kappa shape index (κ2) is 12.2. The van der Waals surface area contributed by atoms with Crippen molar-refractivity contribution in [1.82, 2.24) is 19.6 Å². The molecule has 2 atom stereocenters. The number of aromatic nitrogens is 2. The van der Waals surface area contributed by atoms with Crippen molar-refractivity contribution in [2.24, 2.45) is 0 Å². The first-order valence-electron chi connectivity index (χ1n) is 13.4. The van der Waals surface area contributed by atoms with Gasteiger partial charge >= 0.3 is 0 Å². The molecule has 2 aromatic rings. The number of rotatable bonds is 3. The number of hydrogen-bond acceptors (Lipinski definition) is 4. The summed E-state index contributed by atoms with van der Waals surface area (Å²) in [5, 5.41) is 4.34. The maximum Gasteiger partial charge on any atom is 0.257 e. The van der Waals surface area contributed by atoms with E-state index in [0.29, 0.717) is 17.9 Å². The third kappa shape index (κ3) is 6.44. The summed E-state index contributed by atoms with van der Waals surface area (Å²) in [5.74, 6) is 0.768. The van der Waals surface area contributed by atoms with Crippen LogP contribution in [-0.2, 0) is 11.3 Å². The molecule has 0 spiro atoms. The SMILES string of the molecule is CCN1CCCCCCCN(C(=O)Cn2cc(C)cn2)[C@@H]2CCCC[C@@H]2Oc2ccccc2C1=O. The van der Waals surface area contributed by atoms with Crippen molar-refractivity contribution in [3.63, 3.8) is 0 Å². The number of fused-ring (bicyclic) bond motifs is 2. The zero-order valence-electron chi connectivity index (χ0n) is 21.3. The third-order valence-corrected chi connectivity index (χ3v) is 7.34. The van der Waals surface area contributed by atoms with E-state index in [-0.39, 0.29) is 30.5 Å². The Hall–Kier alpha value is -2.83. The van der Waals surface area contributed by atoms with Gasteiger partial charge in [-0.05, 0) is 63.6 Å². The summed E-state index contributed by atoms with van der Waals surface area (Å²) in [6.45, 7) is 6.47. The van der Waals surface area contributed by atoms with Crippen LogP contribution in [0, 0.1) is 6.92 Å². The Morgan fingerprint density at radius 3 is 2.54 bits per heavy atom. The number of aryl methyl sites for hydroxylation is 1. The molecule has 190 valence electrons. The van der Waals surface area contributed by atoms with Gasteiger partial charge < -0.3 is 14.5 Å². The van der Waals surface area contributed by atoms with E-state index in [1.807, 2.05) is 49.2 Å². The Labute approximate surface area is 209 Å². The van der Waals surface area contributed by atoms with Gasteiger partial charge in [0.1, 0.15) is 18.4 Å². The molecule has 1 aliphatic heterocycles. The van der Waals surface area contributed by atoms with Crippen molar-refractivity contribution in [2.75, 3.05) is 19.6 Å².